The number of pyridine rings is 1. The zero-order valence-electron chi connectivity index (χ0n) is 31.6. The van der Waals surface area contributed by atoms with Crippen LogP contribution in [0.1, 0.15) is 72.0 Å². The number of aromatic nitrogens is 1. The van der Waals surface area contributed by atoms with Crippen molar-refractivity contribution in [1.82, 2.24) is 0 Å². The summed E-state index contributed by atoms with van der Waals surface area (Å²) in [4.78, 5) is 0. The Balaban J connectivity index is 1.87. The lowest BCUT2D eigenvalue weighted by Crippen LogP contribution is -2.59. The van der Waals surface area contributed by atoms with E-state index in [0.29, 0.717) is 22.3 Å². The predicted octanol–water partition coefficient (Wildman–Crippen LogP) is 9.43. The molecule has 2 heterocycles. The Bertz CT molecular complexity index is 2040. The number of benzene rings is 3. The van der Waals surface area contributed by atoms with Crippen LogP contribution in [0.3, 0.4) is 0 Å². The molecule has 0 saturated carbocycles. The van der Waals surface area contributed by atoms with E-state index in [-0.39, 0.29) is 26.8 Å². The van der Waals surface area contributed by atoms with Crippen LogP contribution in [0, 0.1) is 32.0 Å². The maximum Gasteiger partial charge on any atom is 0.216 e. The zero-order valence-corrected chi connectivity index (χ0v) is 26.6. The number of fused-ring (bicyclic) bond motifs is 3. The summed E-state index contributed by atoms with van der Waals surface area (Å²) < 4.78 is 60.5. The number of furan rings is 1. The number of rotatable bonds is 3. The predicted molar refractivity (Wildman–Crippen MR) is 175 cm³/mol. The van der Waals surface area contributed by atoms with Gasteiger partial charge in [0.1, 0.15) is 18.2 Å². The van der Waals surface area contributed by atoms with Crippen LogP contribution in [0.5, 0.6) is 0 Å². The molecule has 0 aliphatic carbocycles. The summed E-state index contributed by atoms with van der Waals surface area (Å²) >= 11 is 0. The van der Waals surface area contributed by atoms with Gasteiger partial charge in [-0.1, -0.05) is 77.5 Å². The molecule has 5 aromatic rings. The van der Waals surface area contributed by atoms with Crippen LogP contribution < -0.4 is 9.75 Å². The summed E-state index contributed by atoms with van der Waals surface area (Å²) in [5, 5.41) is 11.7. The molecule has 2 aromatic heterocycles. The van der Waals surface area contributed by atoms with Crippen molar-refractivity contribution < 1.29 is 17.2 Å². The Morgan fingerprint density at radius 2 is 1.46 bits per heavy atom. The van der Waals surface area contributed by atoms with Crippen LogP contribution in [0.2, 0.25) is 16.6 Å². The van der Waals surface area contributed by atoms with Crippen LogP contribution in [0.4, 0.5) is 0 Å². The number of hydrogen-bond acceptors (Lipinski definition) is 2. The monoisotopic (exact) mass is 565 g/mol. The summed E-state index contributed by atoms with van der Waals surface area (Å²) in [6, 6.07) is 18.8. The Morgan fingerprint density at radius 3 is 2.05 bits per heavy atom. The molecule has 0 amide bonds. The summed E-state index contributed by atoms with van der Waals surface area (Å²) in [5.74, 6) is 0. The van der Waals surface area contributed by atoms with Gasteiger partial charge in [-0.3, -0.25) is 0 Å². The van der Waals surface area contributed by atoms with Crippen molar-refractivity contribution in [2.24, 2.45) is 7.05 Å². The molecule has 0 bridgehead atoms. The van der Waals surface area contributed by atoms with Crippen LogP contribution >= 0.6 is 0 Å². The second-order valence-electron chi connectivity index (χ2n) is 13.5. The molecule has 3 aromatic carbocycles. The molecular weight excluding hydrogens is 517 g/mol. The number of nitrogens with zero attached hydrogens (tertiary/aromatic N) is 2. The molecular formula is C37H43N2OSi+. The molecule has 0 saturated heterocycles. The molecule has 0 aliphatic rings. The first kappa shape index (κ1) is 22.0. The molecule has 0 unspecified atom stereocenters. The molecule has 0 atom stereocenters. The summed E-state index contributed by atoms with van der Waals surface area (Å²) in [7, 11) is -0.645. The van der Waals surface area contributed by atoms with Gasteiger partial charge in [0.05, 0.1) is 25.3 Å². The molecule has 5 rings (SSSR count). The third-order valence-electron chi connectivity index (χ3n) is 9.39. The quantitative estimate of drug-likeness (QED) is 0.161. The Labute approximate surface area is 254 Å². The van der Waals surface area contributed by atoms with Crippen molar-refractivity contribution in [2.75, 3.05) is 0 Å². The van der Waals surface area contributed by atoms with Crippen molar-refractivity contribution in [3.8, 4) is 28.5 Å². The highest BCUT2D eigenvalue weighted by molar-refractivity contribution is 6.95. The van der Waals surface area contributed by atoms with Crippen LogP contribution in [0.25, 0.3) is 44.3 Å². The van der Waals surface area contributed by atoms with E-state index in [1.165, 1.54) is 0 Å². The van der Waals surface area contributed by atoms with Crippen molar-refractivity contribution in [1.29, 1.82) is 5.26 Å². The summed E-state index contributed by atoms with van der Waals surface area (Å²) in [6.45, 7) is 12.1. The SMILES string of the molecule is [2H]C([2H])([2H])c1cc([Si](C)(C(C)(C)C)C(C)(C)C)cc(C([2H])([2H])[2H])c1-c1cc[n+](C)c(-c2c(C)ccc3c2oc2cc(C#N)ccc23)c1. The topological polar surface area (TPSA) is 40.8 Å². The fourth-order valence-corrected chi connectivity index (χ4v) is 11.4. The van der Waals surface area contributed by atoms with E-state index in [1.807, 2.05) is 49.0 Å². The van der Waals surface area contributed by atoms with E-state index in [1.54, 1.807) is 30.3 Å². The first-order valence-electron chi connectivity index (χ1n) is 17.1. The second kappa shape index (κ2) is 9.71. The average molecular weight is 566 g/mol. The van der Waals surface area contributed by atoms with Gasteiger partial charge in [-0.05, 0) is 76.7 Å². The van der Waals surface area contributed by atoms with Crippen molar-refractivity contribution in [3.05, 3.63) is 83.0 Å². The Morgan fingerprint density at radius 1 is 0.829 bits per heavy atom. The molecule has 4 heteroatoms. The molecule has 0 radical (unpaired) electrons. The van der Waals surface area contributed by atoms with E-state index in [0.717, 1.165) is 32.8 Å². The van der Waals surface area contributed by atoms with Crippen molar-refractivity contribution in [2.45, 2.75) is 78.8 Å². The van der Waals surface area contributed by atoms with Gasteiger partial charge >= 0.3 is 0 Å². The maximum atomic E-state index is 9.45. The van der Waals surface area contributed by atoms with Crippen LogP contribution in [-0.2, 0) is 7.05 Å². The van der Waals surface area contributed by atoms with Gasteiger partial charge in [0.2, 0.25) is 5.69 Å². The molecule has 0 aliphatic heterocycles. The lowest BCUT2D eigenvalue weighted by atomic mass is 9.93. The molecule has 0 fully saturated rings. The third kappa shape index (κ3) is 4.52. The van der Waals surface area contributed by atoms with E-state index in [2.05, 4.69) is 54.2 Å². The first-order chi connectivity index (χ1) is 21.5. The van der Waals surface area contributed by atoms with E-state index >= 15 is 0 Å². The molecule has 210 valence electrons. The fraction of sp³-hybridized carbons (Fsp3) is 0.351. The summed E-state index contributed by atoms with van der Waals surface area (Å²) in [6.07, 6.45) is 1.84. The first-order valence-corrected chi connectivity index (χ1v) is 16.6. The smallest absolute Gasteiger partial charge is 0.216 e. The highest BCUT2D eigenvalue weighted by atomic mass is 28.3. The highest BCUT2D eigenvalue weighted by Gasteiger charge is 2.50. The lowest BCUT2D eigenvalue weighted by Gasteiger charge is -2.50. The van der Waals surface area contributed by atoms with Crippen LogP contribution in [0.15, 0.2) is 65.2 Å². The number of nitriles is 1. The highest BCUT2D eigenvalue weighted by Crippen LogP contribution is 2.51. The van der Waals surface area contributed by atoms with E-state index in [9.17, 15) is 5.26 Å². The number of aryl methyl sites for hydroxylation is 4. The fourth-order valence-electron chi connectivity index (χ4n) is 6.53. The van der Waals surface area contributed by atoms with Gasteiger partial charge < -0.3 is 4.42 Å². The Kier molecular flexibility index (Phi) is 5.20. The van der Waals surface area contributed by atoms with Gasteiger partial charge in [0.15, 0.2) is 6.20 Å². The van der Waals surface area contributed by atoms with Gasteiger partial charge in [-0.15, -0.1) is 0 Å². The minimum atomic E-state index is -2.57. The van der Waals surface area contributed by atoms with Gasteiger partial charge in [0.25, 0.3) is 0 Å². The largest absolute Gasteiger partial charge is 0.455 e. The van der Waals surface area contributed by atoms with Gasteiger partial charge in [-0.25, -0.2) is 4.57 Å². The normalized spacial score (nSPS) is 15.5. The van der Waals surface area contributed by atoms with Crippen molar-refractivity contribution >= 4 is 35.2 Å². The second-order valence-corrected chi connectivity index (χ2v) is 19.4. The van der Waals surface area contributed by atoms with Gasteiger partial charge in [0, 0.05) is 31.1 Å². The molecule has 0 spiro atoms. The van der Waals surface area contributed by atoms with Crippen LogP contribution in [-0.4, -0.2) is 8.07 Å². The van der Waals surface area contributed by atoms with Crippen molar-refractivity contribution in [3.63, 3.8) is 0 Å². The van der Waals surface area contributed by atoms with E-state index in [4.69, 9.17) is 12.6 Å². The molecule has 41 heavy (non-hydrogen) atoms. The third-order valence-corrected chi connectivity index (χ3v) is 16.8. The minimum absolute atomic E-state index is 0.0517. The maximum absolute atomic E-state index is 9.45. The lowest BCUT2D eigenvalue weighted by molar-refractivity contribution is -0.660. The zero-order chi connectivity index (χ0) is 35.1. The molecule has 3 nitrogen and oxygen atoms in total. The Hall–Kier alpha value is -3.68. The standard InChI is InChI=1S/C37H43N2OSi/c1-23-12-14-30-29-15-13-26(22-38)20-32(29)40-35(30)34(23)31-21-27(16-17-39(31)10)33-24(2)18-28(19-25(33)3)41(11,36(4,5)6)37(7,8)9/h12-21H,1-11H3/q+1/i2D3,3D3. The van der Waals surface area contributed by atoms with Gasteiger partial charge in [-0.2, -0.15) is 5.26 Å². The minimum Gasteiger partial charge on any atom is -0.455 e. The number of hydrogen-bond donors (Lipinski definition) is 0. The summed E-state index contributed by atoms with van der Waals surface area (Å²) in [5.41, 5.74) is 5.06. The van der Waals surface area contributed by atoms with E-state index < -0.39 is 21.8 Å². The average Bonchev–Trinajstić information content (AvgIpc) is 3.32. The molecule has 0 N–H and O–H groups in total.